The maximum atomic E-state index is 11.8. The summed E-state index contributed by atoms with van der Waals surface area (Å²) >= 11 is 0. The Morgan fingerprint density at radius 2 is 1.95 bits per heavy atom. The van der Waals surface area contributed by atoms with E-state index in [9.17, 15) is 9.59 Å². The third-order valence-corrected chi connectivity index (χ3v) is 2.98. The van der Waals surface area contributed by atoms with Gasteiger partial charge in [-0.25, -0.2) is 0 Å². The minimum Gasteiger partial charge on any atom is -0.359 e. The van der Waals surface area contributed by atoms with Crippen LogP contribution in [0.5, 0.6) is 0 Å². The lowest BCUT2D eigenvalue weighted by atomic mass is 10.1. The van der Waals surface area contributed by atoms with Crippen LogP contribution in [0.1, 0.15) is 31.7 Å². The molecule has 110 valence electrons. The summed E-state index contributed by atoms with van der Waals surface area (Å²) < 4.78 is 0. The van der Waals surface area contributed by atoms with Gasteiger partial charge in [0.2, 0.25) is 11.8 Å². The van der Waals surface area contributed by atoms with Gasteiger partial charge in [0.1, 0.15) is 0 Å². The average molecular weight is 277 g/mol. The van der Waals surface area contributed by atoms with Gasteiger partial charge in [-0.15, -0.1) is 0 Å². The summed E-state index contributed by atoms with van der Waals surface area (Å²) in [5, 5.41) is 5.43. The van der Waals surface area contributed by atoms with Crippen molar-refractivity contribution in [1.82, 2.24) is 5.32 Å². The molecule has 1 unspecified atom stereocenters. The van der Waals surface area contributed by atoms with Crippen LogP contribution in [-0.2, 0) is 16.0 Å². The molecular weight excluding hydrogens is 254 g/mol. The van der Waals surface area contributed by atoms with Crippen molar-refractivity contribution in [2.24, 2.45) is 5.73 Å². The number of hydrogen-bond acceptors (Lipinski definition) is 3. The molecule has 0 fully saturated rings. The molecule has 0 aliphatic heterocycles. The minimum absolute atomic E-state index is 0.0463. The highest BCUT2D eigenvalue weighted by Crippen LogP contribution is 2.16. The lowest BCUT2D eigenvalue weighted by Crippen LogP contribution is -2.21. The van der Waals surface area contributed by atoms with Gasteiger partial charge in [-0.05, 0) is 31.4 Å². The Labute approximate surface area is 119 Å². The Balaban J connectivity index is 2.58. The molecule has 0 aliphatic carbocycles. The van der Waals surface area contributed by atoms with E-state index in [1.807, 2.05) is 31.2 Å². The summed E-state index contributed by atoms with van der Waals surface area (Å²) in [6, 6.07) is 7.45. The molecule has 0 aliphatic rings. The second-order valence-electron chi connectivity index (χ2n) is 4.92. The molecule has 1 aromatic carbocycles. The Bertz CT molecular complexity index is 458. The Kier molecular flexibility index (Phi) is 6.73. The summed E-state index contributed by atoms with van der Waals surface area (Å²) in [6.45, 7) is 1.93. The van der Waals surface area contributed by atoms with E-state index >= 15 is 0 Å². The van der Waals surface area contributed by atoms with Crippen LogP contribution in [0.4, 0.5) is 5.69 Å². The van der Waals surface area contributed by atoms with Crippen molar-refractivity contribution in [2.45, 2.75) is 38.6 Å². The van der Waals surface area contributed by atoms with Crippen LogP contribution >= 0.6 is 0 Å². The van der Waals surface area contributed by atoms with Crippen molar-refractivity contribution in [2.75, 3.05) is 12.4 Å². The number of para-hydroxylation sites is 1. The molecule has 1 rings (SSSR count). The predicted molar refractivity (Wildman–Crippen MR) is 80.3 cm³/mol. The SMILES string of the molecule is CNC(=O)Cc1ccccc1NC(=O)CCCC(C)N. The minimum atomic E-state index is -0.0799. The van der Waals surface area contributed by atoms with E-state index in [2.05, 4.69) is 10.6 Å². The number of benzene rings is 1. The number of nitrogens with one attached hydrogen (secondary N) is 2. The van der Waals surface area contributed by atoms with E-state index in [0.29, 0.717) is 12.1 Å². The highest BCUT2D eigenvalue weighted by Gasteiger charge is 2.09. The number of anilines is 1. The van der Waals surface area contributed by atoms with Crippen LogP contribution in [0.15, 0.2) is 24.3 Å². The number of rotatable bonds is 7. The first-order valence-electron chi connectivity index (χ1n) is 6.87. The largest absolute Gasteiger partial charge is 0.359 e. The summed E-state index contributed by atoms with van der Waals surface area (Å²) in [4.78, 5) is 23.3. The first kappa shape index (κ1) is 16.2. The molecular formula is C15H23N3O2. The average Bonchev–Trinajstić information content (AvgIpc) is 2.40. The van der Waals surface area contributed by atoms with Crippen LogP contribution in [0.2, 0.25) is 0 Å². The van der Waals surface area contributed by atoms with E-state index in [-0.39, 0.29) is 24.3 Å². The molecule has 0 radical (unpaired) electrons. The number of likely N-dealkylation sites (N-methyl/N-ethyl adjacent to an activating group) is 1. The van der Waals surface area contributed by atoms with Gasteiger partial charge in [0.15, 0.2) is 0 Å². The molecule has 4 N–H and O–H groups in total. The van der Waals surface area contributed by atoms with Gasteiger partial charge in [-0.1, -0.05) is 18.2 Å². The topological polar surface area (TPSA) is 84.2 Å². The standard InChI is InChI=1S/C15H23N3O2/c1-11(16)6-5-9-14(19)18-13-8-4-3-7-12(13)10-15(20)17-2/h3-4,7-8,11H,5-6,9-10,16H2,1-2H3,(H,17,20)(H,18,19). The highest BCUT2D eigenvalue weighted by atomic mass is 16.2. The van der Waals surface area contributed by atoms with Gasteiger partial charge in [0, 0.05) is 25.2 Å². The molecule has 1 atom stereocenters. The van der Waals surface area contributed by atoms with Crippen LogP contribution in [0.3, 0.4) is 0 Å². The number of carbonyl (C=O) groups excluding carboxylic acids is 2. The summed E-state index contributed by atoms with van der Waals surface area (Å²) in [5.41, 5.74) is 7.16. The fraction of sp³-hybridized carbons (Fsp3) is 0.467. The molecule has 0 heterocycles. The van der Waals surface area contributed by atoms with Gasteiger partial charge >= 0.3 is 0 Å². The van der Waals surface area contributed by atoms with Crippen LogP contribution in [-0.4, -0.2) is 24.9 Å². The highest BCUT2D eigenvalue weighted by molar-refractivity contribution is 5.92. The molecule has 20 heavy (non-hydrogen) atoms. The molecule has 5 nitrogen and oxygen atoms in total. The molecule has 0 saturated carbocycles. The maximum absolute atomic E-state index is 11.8. The van der Waals surface area contributed by atoms with Crippen LogP contribution in [0, 0.1) is 0 Å². The zero-order valence-electron chi connectivity index (χ0n) is 12.1. The predicted octanol–water partition coefficient (Wildman–Crippen LogP) is 1.43. The lowest BCUT2D eigenvalue weighted by molar-refractivity contribution is -0.120. The van der Waals surface area contributed by atoms with Crippen molar-refractivity contribution in [3.05, 3.63) is 29.8 Å². The van der Waals surface area contributed by atoms with E-state index in [0.717, 1.165) is 18.4 Å². The van der Waals surface area contributed by atoms with Gasteiger partial charge in [0.25, 0.3) is 0 Å². The molecule has 0 bridgehead atoms. The molecule has 5 heteroatoms. The molecule has 2 amide bonds. The lowest BCUT2D eigenvalue weighted by Gasteiger charge is -2.11. The van der Waals surface area contributed by atoms with E-state index in [1.54, 1.807) is 7.05 Å². The van der Waals surface area contributed by atoms with Gasteiger partial charge < -0.3 is 16.4 Å². The Morgan fingerprint density at radius 1 is 1.25 bits per heavy atom. The van der Waals surface area contributed by atoms with Crippen LogP contribution in [0.25, 0.3) is 0 Å². The van der Waals surface area contributed by atoms with Crippen molar-refractivity contribution in [3.8, 4) is 0 Å². The summed E-state index contributed by atoms with van der Waals surface area (Å²) in [6.07, 6.45) is 2.29. The number of hydrogen-bond donors (Lipinski definition) is 3. The van der Waals surface area contributed by atoms with Crippen LogP contribution < -0.4 is 16.4 Å². The maximum Gasteiger partial charge on any atom is 0.224 e. The van der Waals surface area contributed by atoms with E-state index in [1.165, 1.54) is 0 Å². The van der Waals surface area contributed by atoms with E-state index in [4.69, 9.17) is 5.73 Å². The van der Waals surface area contributed by atoms with Gasteiger partial charge in [0.05, 0.1) is 6.42 Å². The Morgan fingerprint density at radius 3 is 2.60 bits per heavy atom. The second-order valence-corrected chi connectivity index (χ2v) is 4.92. The molecule has 0 spiro atoms. The summed E-state index contributed by atoms with van der Waals surface area (Å²) in [5.74, 6) is -0.126. The first-order chi connectivity index (χ1) is 9.52. The molecule has 1 aromatic rings. The number of carbonyl (C=O) groups is 2. The zero-order valence-corrected chi connectivity index (χ0v) is 12.1. The molecule has 0 saturated heterocycles. The van der Waals surface area contributed by atoms with Crippen molar-refractivity contribution >= 4 is 17.5 Å². The summed E-state index contributed by atoms with van der Waals surface area (Å²) in [7, 11) is 1.59. The smallest absolute Gasteiger partial charge is 0.224 e. The zero-order chi connectivity index (χ0) is 15.0. The van der Waals surface area contributed by atoms with Crippen molar-refractivity contribution in [1.29, 1.82) is 0 Å². The number of amides is 2. The third kappa shape index (κ3) is 5.84. The monoisotopic (exact) mass is 277 g/mol. The number of nitrogens with two attached hydrogens (primary N) is 1. The van der Waals surface area contributed by atoms with Gasteiger partial charge in [-0.2, -0.15) is 0 Å². The van der Waals surface area contributed by atoms with Crippen molar-refractivity contribution < 1.29 is 9.59 Å². The fourth-order valence-corrected chi connectivity index (χ4v) is 1.86. The fourth-order valence-electron chi connectivity index (χ4n) is 1.86. The van der Waals surface area contributed by atoms with E-state index < -0.39 is 0 Å². The normalized spacial score (nSPS) is 11.8. The molecule has 0 aromatic heterocycles. The first-order valence-corrected chi connectivity index (χ1v) is 6.87. The van der Waals surface area contributed by atoms with Crippen molar-refractivity contribution in [3.63, 3.8) is 0 Å². The Hall–Kier alpha value is -1.88. The van der Waals surface area contributed by atoms with Gasteiger partial charge in [-0.3, -0.25) is 9.59 Å². The third-order valence-electron chi connectivity index (χ3n) is 2.98. The second kappa shape index (κ2) is 8.32. The quantitative estimate of drug-likeness (QED) is 0.705.